The average molecular weight is 254 g/mol. The van der Waals surface area contributed by atoms with E-state index in [9.17, 15) is 8.78 Å². The summed E-state index contributed by atoms with van der Waals surface area (Å²) in [6.45, 7) is 7.51. The van der Waals surface area contributed by atoms with Crippen LogP contribution in [0.15, 0.2) is 18.2 Å². The van der Waals surface area contributed by atoms with E-state index in [1.807, 2.05) is 13.8 Å². The van der Waals surface area contributed by atoms with E-state index < -0.39 is 5.41 Å². The maximum absolute atomic E-state index is 13.7. The highest BCUT2D eigenvalue weighted by Gasteiger charge is 2.25. The standard InChI is InChI=1S/C14H20F2N2/c1-14(2,9-18-8-10-6-17-7-10)12-5-11(15)3-4-13(12)16/h3-5,10,17-18H,6-9H2,1-2H3. The van der Waals surface area contributed by atoms with Crippen LogP contribution in [0.2, 0.25) is 0 Å². The minimum atomic E-state index is -0.413. The summed E-state index contributed by atoms with van der Waals surface area (Å²) in [6, 6.07) is 3.65. The summed E-state index contributed by atoms with van der Waals surface area (Å²) in [7, 11) is 0. The van der Waals surface area contributed by atoms with Crippen molar-refractivity contribution in [1.29, 1.82) is 0 Å². The van der Waals surface area contributed by atoms with Gasteiger partial charge < -0.3 is 10.6 Å². The fourth-order valence-corrected chi connectivity index (χ4v) is 2.19. The molecule has 2 nitrogen and oxygen atoms in total. The van der Waals surface area contributed by atoms with Crippen molar-refractivity contribution in [1.82, 2.24) is 10.6 Å². The summed E-state index contributed by atoms with van der Waals surface area (Å²) in [5.41, 5.74) is 0.0188. The molecule has 0 bridgehead atoms. The third kappa shape index (κ3) is 3.06. The van der Waals surface area contributed by atoms with Crippen molar-refractivity contribution in [3.8, 4) is 0 Å². The maximum Gasteiger partial charge on any atom is 0.127 e. The molecule has 1 saturated heterocycles. The number of benzene rings is 1. The van der Waals surface area contributed by atoms with Crippen LogP contribution in [0.4, 0.5) is 8.78 Å². The third-order valence-corrected chi connectivity index (χ3v) is 3.52. The molecule has 1 fully saturated rings. The van der Waals surface area contributed by atoms with Crippen molar-refractivity contribution in [3.05, 3.63) is 35.4 Å². The SMILES string of the molecule is CC(C)(CNCC1CNC1)c1cc(F)ccc1F. The molecule has 2 N–H and O–H groups in total. The van der Waals surface area contributed by atoms with Gasteiger partial charge in [-0.05, 0) is 29.7 Å². The Morgan fingerprint density at radius 3 is 2.67 bits per heavy atom. The average Bonchev–Trinajstić information content (AvgIpc) is 2.25. The third-order valence-electron chi connectivity index (χ3n) is 3.52. The molecule has 1 aliphatic heterocycles. The molecule has 2 rings (SSSR count). The largest absolute Gasteiger partial charge is 0.316 e. The van der Waals surface area contributed by atoms with Crippen LogP contribution >= 0.6 is 0 Å². The van der Waals surface area contributed by atoms with Crippen molar-refractivity contribution < 1.29 is 8.78 Å². The molecule has 1 aromatic carbocycles. The Bertz CT molecular complexity index is 414. The molecule has 0 radical (unpaired) electrons. The van der Waals surface area contributed by atoms with Gasteiger partial charge in [0.2, 0.25) is 0 Å². The van der Waals surface area contributed by atoms with E-state index in [2.05, 4.69) is 10.6 Å². The zero-order chi connectivity index (χ0) is 13.2. The molecular formula is C14H20F2N2. The zero-order valence-electron chi connectivity index (χ0n) is 10.9. The topological polar surface area (TPSA) is 24.1 Å². The molecular weight excluding hydrogens is 234 g/mol. The van der Waals surface area contributed by atoms with Crippen LogP contribution in [0.25, 0.3) is 0 Å². The lowest BCUT2D eigenvalue weighted by Gasteiger charge is -2.31. The van der Waals surface area contributed by atoms with Gasteiger partial charge in [0.05, 0.1) is 0 Å². The van der Waals surface area contributed by atoms with Crippen LogP contribution in [0.3, 0.4) is 0 Å². The molecule has 0 unspecified atom stereocenters. The van der Waals surface area contributed by atoms with Crippen LogP contribution in [0, 0.1) is 17.6 Å². The fourth-order valence-electron chi connectivity index (χ4n) is 2.19. The molecule has 100 valence electrons. The highest BCUT2D eigenvalue weighted by atomic mass is 19.1. The van der Waals surface area contributed by atoms with Gasteiger partial charge in [0.1, 0.15) is 11.6 Å². The molecule has 1 heterocycles. The fraction of sp³-hybridized carbons (Fsp3) is 0.571. The van der Waals surface area contributed by atoms with Gasteiger partial charge in [-0.15, -0.1) is 0 Å². The van der Waals surface area contributed by atoms with E-state index in [-0.39, 0.29) is 11.6 Å². The zero-order valence-corrected chi connectivity index (χ0v) is 10.9. The van der Waals surface area contributed by atoms with Gasteiger partial charge in [-0.1, -0.05) is 13.8 Å². The first-order chi connectivity index (χ1) is 8.49. The number of rotatable bonds is 5. The Morgan fingerprint density at radius 2 is 2.06 bits per heavy atom. The predicted octanol–water partition coefficient (Wildman–Crippen LogP) is 2.05. The molecule has 0 saturated carbocycles. The molecule has 1 aliphatic rings. The van der Waals surface area contributed by atoms with Crippen molar-refractivity contribution in [2.24, 2.45) is 5.92 Å². The minimum Gasteiger partial charge on any atom is -0.316 e. The second-order valence-corrected chi connectivity index (χ2v) is 5.66. The predicted molar refractivity (Wildman–Crippen MR) is 68.6 cm³/mol. The molecule has 4 heteroatoms. The Hall–Kier alpha value is -1.00. The van der Waals surface area contributed by atoms with Crippen molar-refractivity contribution in [2.75, 3.05) is 26.2 Å². The normalized spacial score (nSPS) is 16.7. The van der Waals surface area contributed by atoms with Gasteiger partial charge in [-0.2, -0.15) is 0 Å². The van der Waals surface area contributed by atoms with Gasteiger partial charge in [0.15, 0.2) is 0 Å². The van der Waals surface area contributed by atoms with E-state index in [0.29, 0.717) is 18.0 Å². The highest BCUT2D eigenvalue weighted by molar-refractivity contribution is 5.26. The summed E-state index contributed by atoms with van der Waals surface area (Å²) < 4.78 is 26.9. The minimum absolute atomic E-state index is 0.339. The van der Waals surface area contributed by atoms with Crippen LogP contribution in [-0.2, 0) is 5.41 Å². The van der Waals surface area contributed by atoms with Crippen LogP contribution in [-0.4, -0.2) is 26.2 Å². The first kappa shape index (κ1) is 13.4. The summed E-state index contributed by atoms with van der Waals surface area (Å²) in [4.78, 5) is 0. The van der Waals surface area contributed by atoms with Gasteiger partial charge in [0, 0.05) is 31.6 Å². The number of hydrogen-bond acceptors (Lipinski definition) is 2. The van der Waals surface area contributed by atoms with E-state index >= 15 is 0 Å². The van der Waals surface area contributed by atoms with E-state index in [1.165, 1.54) is 12.1 Å². The Labute approximate surface area is 107 Å². The number of halogens is 2. The van der Waals surface area contributed by atoms with E-state index in [4.69, 9.17) is 0 Å². The van der Waals surface area contributed by atoms with E-state index in [0.717, 1.165) is 25.7 Å². The van der Waals surface area contributed by atoms with Gasteiger partial charge in [-0.25, -0.2) is 8.78 Å². The lowest BCUT2D eigenvalue weighted by molar-refractivity contribution is 0.318. The molecule has 0 amide bonds. The van der Waals surface area contributed by atoms with Crippen LogP contribution in [0.1, 0.15) is 19.4 Å². The van der Waals surface area contributed by atoms with E-state index in [1.54, 1.807) is 0 Å². The van der Waals surface area contributed by atoms with Gasteiger partial charge in [0.25, 0.3) is 0 Å². The van der Waals surface area contributed by atoms with Crippen molar-refractivity contribution in [2.45, 2.75) is 19.3 Å². The highest BCUT2D eigenvalue weighted by Crippen LogP contribution is 2.26. The summed E-state index contributed by atoms with van der Waals surface area (Å²) >= 11 is 0. The Kier molecular flexibility index (Phi) is 3.97. The van der Waals surface area contributed by atoms with Crippen LogP contribution < -0.4 is 10.6 Å². The first-order valence-electron chi connectivity index (χ1n) is 6.36. The van der Waals surface area contributed by atoms with Gasteiger partial charge >= 0.3 is 0 Å². The summed E-state index contributed by atoms with van der Waals surface area (Å²) in [5, 5.41) is 6.55. The van der Waals surface area contributed by atoms with Gasteiger partial charge in [-0.3, -0.25) is 0 Å². The lowest BCUT2D eigenvalue weighted by Crippen LogP contribution is -2.48. The summed E-state index contributed by atoms with van der Waals surface area (Å²) in [5.74, 6) is -0.0608. The summed E-state index contributed by atoms with van der Waals surface area (Å²) in [6.07, 6.45) is 0. The maximum atomic E-state index is 13.7. The molecule has 0 aliphatic carbocycles. The first-order valence-corrected chi connectivity index (χ1v) is 6.36. The molecule has 1 aromatic rings. The molecule has 0 aromatic heterocycles. The Balaban J connectivity index is 1.97. The lowest BCUT2D eigenvalue weighted by atomic mass is 9.84. The second kappa shape index (κ2) is 5.33. The van der Waals surface area contributed by atoms with Crippen molar-refractivity contribution >= 4 is 0 Å². The second-order valence-electron chi connectivity index (χ2n) is 5.66. The quantitative estimate of drug-likeness (QED) is 0.840. The number of nitrogens with one attached hydrogen (secondary N) is 2. The Morgan fingerprint density at radius 1 is 1.33 bits per heavy atom. The monoisotopic (exact) mass is 254 g/mol. The molecule has 18 heavy (non-hydrogen) atoms. The number of hydrogen-bond donors (Lipinski definition) is 2. The molecule has 0 atom stereocenters. The van der Waals surface area contributed by atoms with Crippen LogP contribution in [0.5, 0.6) is 0 Å². The smallest absolute Gasteiger partial charge is 0.127 e. The van der Waals surface area contributed by atoms with Crippen molar-refractivity contribution in [3.63, 3.8) is 0 Å². The molecule has 0 spiro atoms.